The summed E-state index contributed by atoms with van der Waals surface area (Å²) in [6.45, 7) is 0.840. The van der Waals surface area contributed by atoms with E-state index in [1.807, 2.05) is 5.43 Å². The Morgan fingerprint density at radius 3 is 1.56 bits per heavy atom. The SMILES string of the molecule is NC(N)=NCCCC(N)C(=O)O.NC(N)=NCCCC(N)C(=O)O.O=[N+]([O-])Nc1ccccc1. The maximum Gasteiger partial charge on any atom is 0.320 e. The summed E-state index contributed by atoms with van der Waals surface area (Å²) < 4.78 is 0. The second-order valence-corrected chi connectivity index (χ2v) is 6.52. The number of nitrogens with zero attached hydrogens (tertiary/aromatic N) is 3. The first-order chi connectivity index (χ1) is 15.9. The largest absolute Gasteiger partial charge is 0.480 e. The Bertz CT molecular complexity index is 743. The fourth-order valence-electron chi connectivity index (χ4n) is 1.90. The molecule has 0 aliphatic rings. The Morgan fingerprint density at radius 2 is 1.26 bits per heavy atom. The second kappa shape index (κ2) is 19.5. The molecule has 1 rings (SSSR count). The van der Waals surface area contributed by atoms with Crippen molar-refractivity contribution in [1.82, 2.24) is 0 Å². The van der Waals surface area contributed by atoms with Gasteiger partial charge in [0.25, 0.3) is 0 Å². The van der Waals surface area contributed by atoms with E-state index in [9.17, 15) is 19.7 Å². The lowest BCUT2D eigenvalue weighted by molar-refractivity contribution is -0.445. The van der Waals surface area contributed by atoms with Crippen LogP contribution in [0.1, 0.15) is 25.7 Å². The van der Waals surface area contributed by atoms with Gasteiger partial charge in [-0.25, -0.2) is 10.1 Å². The topological polar surface area (TPSA) is 311 Å². The highest BCUT2D eigenvalue weighted by Crippen LogP contribution is 2.03. The summed E-state index contributed by atoms with van der Waals surface area (Å²) in [5, 5.41) is 26.0. The summed E-state index contributed by atoms with van der Waals surface area (Å²) in [6.07, 6.45) is 1.91. The van der Waals surface area contributed by atoms with Crippen molar-refractivity contribution in [3.05, 3.63) is 40.4 Å². The Kier molecular flexibility index (Phi) is 18.4. The van der Waals surface area contributed by atoms with Crippen LogP contribution in [0.25, 0.3) is 0 Å². The zero-order valence-electron chi connectivity index (χ0n) is 18.6. The number of guanidine groups is 2. The zero-order valence-corrected chi connectivity index (χ0v) is 18.6. The molecule has 0 saturated carbocycles. The average molecular weight is 487 g/mol. The smallest absolute Gasteiger partial charge is 0.320 e. The molecule has 2 unspecified atom stereocenters. The number of anilines is 1. The highest BCUT2D eigenvalue weighted by atomic mass is 16.7. The molecule has 16 nitrogen and oxygen atoms in total. The number of nitrogens with two attached hydrogens (primary N) is 6. The van der Waals surface area contributed by atoms with Crippen LogP contribution in [-0.4, -0.2) is 64.3 Å². The summed E-state index contributed by atoms with van der Waals surface area (Å²) in [5.41, 5.74) is 33.2. The van der Waals surface area contributed by atoms with Crippen molar-refractivity contribution >= 4 is 29.5 Å². The summed E-state index contributed by atoms with van der Waals surface area (Å²) >= 11 is 0. The predicted molar refractivity (Wildman–Crippen MR) is 128 cm³/mol. The number of nitrogens with one attached hydrogen (secondary N) is 1. The molecule has 0 aliphatic carbocycles. The van der Waals surface area contributed by atoms with Crippen LogP contribution in [0, 0.1) is 10.1 Å². The van der Waals surface area contributed by atoms with E-state index in [4.69, 9.17) is 44.6 Å². The highest BCUT2D eigenvalue weighted by molar-refractivity contribution is 5.76. The number of nitro groups is 1. The normalized spacial score (nSPS) is 11.1. The molecular formula is C18H34N10O6. The molecule has 0 spiro atoms. The van der Waals surface area contributed by atoms with Crippen LogP contribution in [0.15, 0.2) is 40.3 Å². The van der Waals surface area contributed by atoms with E-state index in [0.717, 1.165) is 0 Å². The number of aliphatic carboxylic acids is 2. The van der Waals surface area contributed by atoms with Crippen LogP contribution >= 0.6 is 0 Å². The van der Waals surface area contributed by atoms with Crippen molar-refractivity contribution in [2.75, 3.05) is 18.5 Å². The van der Waals surface area contributed by atoms with Gasteiger partial charge in [-0.15, -0.1) is 5.43 Å². The van der Waals surface area contributed by atoms with Gasteiger partial charge in [-0.2, -0.15) is 0 Å². The van der Waals surface area contributed by atoms with Crippen LogP contribution in [0.4, 0.5) is 5.69 Å². The molecule has 1 aromatic carbocycles. The number of hydrogen-bond acceptors (Lipinski definition) is 8. The van der Waals surface area contributed by atoms with Crippen LogP contribution < -0.4 is 39.8 Å². The van der Waals surface area contributed by atoms with E-state index in [-0.39, 0.29) is 11.9 Å². The van der Waals surface area contributed by atoms with Gasteiger partial charge in [-0.3, -0.25) is 19.6 Å². The first kappa shape index (κ1) is 32.0. The molecule has 192 valence electrons. The minimum absolute atomic E-state index is 0.0129. The Hall–Kier alpha value is -4.18. The summed E-state index contributed by atoms with van der Waals surface area (Å²) in [7, 11) is 0. The summed E-state index contributed by atoms with van der Waals surface area (Å²) in [5.74, 6) is -1.97. The van der Waals surface area contributed by atoms with Gasteiger partial charge in [-0.05, 0) is 37.8 Å². The third-order valence-corrected chi connectivity index (χ3v) is 3.56. The van der Waals surface area contributed by atoms with Gasteiger partial charge in [-0.1, -0.05) is 18.2 Å². The van der Waals surface area contributed by atoms with E-state index >= 15 is 0 Å². The maximum atomic E-state index is 10.2. The fourth-order valence-corrected chi connectivity index (χ4v) is 1.90. The molecule has 2 atom stereocenters. The fraction of sp³-hybridized carbons (Fsp3) is 0.444. The molecule has 0 heterocycles. The molecule has 16 heteroatoms. The van der Waals surface area contributed by atoms with E-state index in [1.165, 1.54) is 0 Å². The van der Waals surface area contributed by atoms with Gasteiger partial charge >= 0.3 is 11.9 Å². The van der Waals surface area contributed by atoms with Crippen molar-refractivity contribution in [2.24, 2.45) is 44.4 Å². The van der Waals surface area contributed by atoms with Gasteiger partial charge in [0.15, 0.2) is 17.0 Å². The predicted octanol–water partition coefficient (Wildman–Crippen LogP) is -1.81. The third-order valence-electron chi connectivity index (χ3n) is 3.56. The Balaban J connectivity index is 0. The van der Waals surface area contributed by atoms with Crippen LogP contribution in [0.2, 0.25) is 0 Å². The number of carbonyl (C=O) groups is 2. The lowest BCUT2D eigenvalue weighted by Crippen LogP contribution is -2.30. The van der Waals surface area contributed by atoms with Crippen molar-refractivity contribution in [1.29, 1.82) is 0 Å². The summed E-state index contributed by atoms with van der Waals surface area (Å²) in [6, 6.07) is 6.87. The molecule has 0 fully saturated rings. The molecule has 15 N–H and O–H groups in total. The van der Waals surface area contributed by atoms with Crippen molar-refractivity contribution in [3.63, 3.8) is 0 Å². The van der Waals surface area contributed by atoms with Gasteiger partial charge in [0.2, 0.25) is 0 Å². The van der Waals surface area contributed by atoms with Crippen LogP contribution in [-0.2, 0) is 9.59 Å². The Morgan fingerprint density at radius 1 is 0.882 bits per heavy atom. The lowest BCUT2D eigenvalue weighted by atomic mass is 10.2. The zero-order chi connectivity index (χ0) is 26.5. The molecule has 1 aromatic rings. The van der Waals surface area contributed by atoms with E-state index in [0.29, 0.717) is 44.5 Å². The minimum Gasteiger partial charge on any atom is -0.480 e. The third kappa shape index (κ3) is 22.5. The number of benzene rings is 1. The second-order valence-electron chi connectivity index (χ2n) is 6.52. The molecule has 0 saturated heterocycles. The lowest BCUT2D eigenvalue weighted by Gasteiger charge is -2.03. The number of hydrogen-bond donors (Lipinski definition) is 9. The number of aliphatic imine (C=N–C) groups is 2. The van der Waals surface area contributed by atoms with E-state index in [2.05, 4.69) is 9.98 Å². The molecule has 0 amide bonds. The average Bonchev–Trinajstić information content (AvgIpc) is 2.74. The first-order valence-electron chi connectivity index (χ1n) is 9.90. The van der Waals surface area contributed by atoms with Crippen LogP contribution in [0.3, 0.4) is 0 Å². The minimum atomic E-state index is -1.00. The molecule has 0 bridgehead atoms. The number of carboxylic acids is 2. The summed E-state index contributed by atoms with van der Waals surface area (Å²) in [4.78, 5) is 37.7. The standard InChI is InChI=1S/2C6H14N4O2.C6H6N2O2/c2*7-4(5(11)12)2-1-3-10-6(8)9;9-8(10)7-6-4-2-1-3-5-6/h2*4H,1-3,7H2,(H,11,12)(H4,8,9,10);1-5,7H. The van der Waals surface area contributed by atoms with Gasteiger partial charge in [0.1, 0.15) is 17.8 Å². The molecule has 0 aliphatic heterocycles. The number of hydrazine groups is 1. The quantitative estimate of drug-likeness (QED) is 0.0517. The molecule has 34 heavy (non-hydrogen) atoms. The first-order valence-corrected chi connectivity index (χ1v) is 9.90. The van der Waals surface area contributed by atoms with Gasteiger partial charge in [0.05, 0.1) is 0 Å². The van der Waals surface area contributed by atoms with Crippen LogP contribution in [0.5, 0.6) is 0 Å². The number of para-hydroxylation sites is 1. The van der Waals surface area contributed by atoms with Crippen molar-refractivity contribution in [2.45, 2.75) is 37.8 Å². The molecular weight excluding hydrogens is 452 g/mol. The van der Waals surface area contributed by atoms with Crippen molar-refractivity contribution in [3.8, 4) is 0 Å². The van der Waals surface area contributed by atoms with E-state index in [1.54, 1.807) is 30.3 Å². The molecule has 0 aromatic heterocycles. The van der Waals surface area contributed by atoms with Gasteiger partial charge < -0.3 is 44.6 Å². The number of rotatable bonds is 12. The van der Waals surface area contributed by atoms with E-state index < -0.39 is 29.1 Å². The highest BCUT2D eigenvalue weighted by Gasteiger charge is 2.10. The monoisotopic (exact) mass is 486 g/mol. The molecule has 0 radical (unpaired) electrons. The maximum absolute atomic E-state index is 10.2. The Labute approximate surface area is 196 Å². The number of carboxylic acid groups (broad SMARTS) is 2. The van der Waals surface area contributed by atoms with Crippen molar-refractivity contribution < 1.29 is 24.8 Å². The van der Waals surface area contributed by atoms with Gasteiger partial charge in [0, 0.05) is 13.1 Å².